The summed E-state index contributed by atoms with van der Waals surface area (Å²) < 4.78 is 16.1. The maximum atomic E-state index is 12.9. The highest BCUT2D eigenvalue weighted by molar-refractivity contribution is 5.95. The van der Waals surface area contributed by atoms with Gasteiger partial charge in [-0.05, 0) is 38.0 Å². The molecule has 172 valence electrons. The third kappa shape index (κ3) is 7.34. The summed E-state index contributed by atoms with van der Waals surface area (Å²) in [6.07, 6.45) is -0.342. The normalized spacial score (nSPS) is 13.9. The summed E-state index contributed by atoms with van der Waals surface area (Å²) in [6.45, 7) is 9.63. The third-order valence-electron chi connectivity index (χ3n) is 4.58. The van der Waals surface area contributed by atoms with Gasteiger partial charge in [-0.1, -0.05) is 13.8 Å². The molecule has 0 bridgehead atoms. The minimum atomic E-state index is -0.342. The average Bonchev–Trinajstić information content (AvgIpc) is 2.75. The molecule has 1 heterocycles. The first-order chi connectivity index (χ1) is 14.7. The zero-order valence-electron chi connectivity index (χ0n) is 19.0. The first kappa shape index (κ1) is 24.3. The first-order valence-electron chi connectivity index (χ1n) is 10.5. The van der Waals surface area contributed by atoms with Gasteiger partial charge in [-0.3, -0.25) is 9.59 Å². The van der Waals surface area contributed by atoms with Crippen LogP contribution in [0.1, 0.15) is 38.1 Å². The Morgan fingerprint density at radius 1 is 1.00 bits per heavy atom. The molecule has 31 heavy (non-hydrogen) atoms. The number of piperazine rings is 1. The van der Waals surface area contributed by atoms with Crippen LogP contribution in [-0.2, 0) is 9.53 Å². The SMILES string of the molecule is COc1cc(C(=O)N2CCN(C(=O)OCC(C)C)CC2)ccc1OCC(=O)NC(C)C. The quantitative estimate of drug-likeness (QED) is 0.672. The van der Waals surface area contributed by atoms with Crippen molar-refractivity contribution in [2.75, 3.05) is 46.5 Å². The largest absolute Gasteiger partial charge is 0.493 e. The predicted octanol–water partition coefficient (Wildman–Crippen LogP) is 2.15. The lowest BCUT2D eigenvalue weighted by Crippen LogP contribution is -2.50. The molecule has 0 spiro atoms. The number of ether oxygens (including phenoxy) is 3. The Morgan fingerprint density at radius 2 is 1.65 bits per heavy atom. The Balaban J connectivity index is 1.93. The average molecular weight is 436 g/mol. The number of methoxy groups -OCH3 is 1. The molecule has 9 nitrogen and oxygen atoms in total. The van der Waals surface area contributed by atoms with Crippen LogP contribution in [0, 0.1) is 5.92 Å². The molecule has 0 saturated carbocycles. The summed E-state index contributed by atoms with van der Waals surface area (Å²) in [5.74, 6) is 0.646. The van der Waals surface area contributed by atoms with E-state index in [9.17, 15) is 14.4 Å². The van der Waals surface area contributed by atoms with Crippen molar-refractivity contribution in [3.05, 3.63) is 23.8 Å². The van der Waals surface area contributed by atoms with Crippen molar-refractivity contribution in [2.24, 2.45) is 5.92 Å². The molecule has 0 unspecified atom stereocenters. The van der Waals surface area contributed by atoms with E-state index in [1.165, 1.54) is 7.11 Å². The number of carbonyl (C=O) groups excluding carboxylic acids is 3. The van der Waals surface area contributed by atoms with Crippen LogP contribution in [0.25, 0.3) is 0 Å². The van der Waals surface area contributed by atoms with Crippen molar-refractivity contribution in [3.63, 3.8) is 0 Å². The van der Waals surface area contributed by atoms with E-state index in [2.05, 4.69) is 5.32 Å². The van der Waals surface area contributed by atoms with Crippen LogP contribution in [0.3, 0.4) is 0 Å². The Labute approximate surface area is 183 Å². The van der Waals surface area contributed by atoms with Crippen LogP contribution >= 0.6 is 0 Å². The van der Waals surface area contributed by atoms with Crippen molar-refractivity contribution in [2.45, 2.75) is 33.7 Å². The van der Waals surface area contributed by atoms with Crippen LogP contribution < -0.4 is 14.8 Å². The van der Waals surface area contributed by atoms with Gasteiger partial charge < -0.3 is 29.3 Å². The summed E-state index contributed by atoms with van der Waals surface area (Å²) in [4.78, 5) is 40.1. The van der Waals surface area contributed by atoms with Crippen LogP contribution in [0.4, 0.5) is 4.79 Å². The fourth-order valence-corrected chi connectivity index (χ4v) is 3.03. The zero-order valence-corrected chi connectivity index (χ0v) is 19.0. The minimum Gasteiger partial charge on any atom is -0.493 e. The Kier molecular flexibility index (Phi) is 8.96. The summed E-state index contributed by atoms with van der Waals surface area (Å²) in [5, 5.41) is 2.75. The molecule has 0 aliphatic carbocycles. The summed E-state index contributed by atoms with van der Waals surface area (Å²) in [6, 6.07) is 4.88. The predicted molar refractivity (Wildman–Crippen MR) is 115 cm³/mol. The molecule has 0 atom stereocenters. The molecule has 1 aromatic rings. The lowest BCUT2D eigenvalue weighted by molar-refractivity contribution is -0.123. The number of benzene rings is 1. The van der Waals surface area contributed by atoms with E-state index in [-0.39, 0.29) is 36.5 Å². The maximum absolute atomic E-state index is 12.9. The number of nitrogens with one attached hydrogen (secondary N) is 1. The van der Waals surface area contributed by atoms with Gasteiger partial charge in [0, 0.05) is 37.8 Å². The first-order valence-corrected chi connectivity index (χ1v) is 10.5. The zero-order chi connectivity index (χ0) is 23.0. The number of carbonyl (C=O) groups is 3. The molecule has 9 heteroatoms. The maximum Gasteiger partial charge on any atom is 0.409 e. The lowest BCUT2D eigenvalue weighted by atomic mass is 10.1. The van der Waals surface area contributed by atoms with Gasteiger partial charge in [-0.15, -0.1) is 0 Å². The molecule has 1 aliphatic heterocycles. The van der Waals surface area contributed by atoms with Crippen molar-refractivity contribution >= 4 is 17.9 Å². The Morgan fingerprint density at radius 3 is 2.23 bits per heavy atom. The molecule has 0 aromatic heterocycles. The molecule has 3 amide bonds. The van der Waals surface area contributed by atoms with Crippen LogP contribution in [0.5, 0.6) is 11.5 Å². The molecule has 1 aliphatic rings. The highest BCUT2D eigenvalue weighted by Crippen LogP contribution is 2.28. The number of amides is 3. The molecule has 1 N–H and O–H groups in total. The third-order valence-corrected chi connectivity index (χ3v) is 4.58. The van der Waals surface area contributed by atoms with Crippen molar-refractivity contribution in [1.29, 1.82) is 0 Å². The highest BCUT2D eigenvalue weighted by atomic mass is 16.6. The molecular weight excluding hydrogens is 402 g/mol. The molecule has 0 radical (unpaired) electrons. The molecule has 1 fully saturated rings. The number of nitrogens with zero attached hydrogens (tertiary/aromatic N) is 2. The Hall–Kier alpha value is -2.97. The number of hydrogen-bond donors (Lipinski definition) is 1. The van der Waals surface area contributed by atoms with Crippen LogP contribution in [0.15, 0.2) is 18.2 Å². The summed E-state index contributed by atoms with van der Waals surface area (Å²) in [7, 11) is 1.48. The van der Waals surface area contributed by atoms with E-state index in [4.69, 9.17) is 14.2 Å². The van der Waals surface area contributed by atoms with Crippen LogP contribution in [-0.4, -0.2) is 80.3 Å². The number of hydrogen-bond acceptors (Lipinski definition) is 6. The van der Waals surface area contributed by atoms with Crippen molar-refractivity contribution < 1.29 is 28.6 Å². The van der Waals surface area contributed by atoms with Gasteiger partial charge in [0.1, 0.15) is 0 Å². The van der Waals surface area contributed by atoms with Gasteiger partial charge in [0.2, 0.25) is 0 Å². The van der Waals surface area contributed by atoms with E-state index in [1.54, 1.807) is 28.0 Å². The Bertz CT molecular complexity index is 773. The van der Waals surface area contributed by atoms with Gasteiger partial charge in [0.15, 0.2) is 18.1 Å². The van der Waals surface area contributed by atoms with E-state index >= 15 is 0 Å². The second-order valence-corrected chi connectivity index (χ2v) is 8.13. The second-order valence-electron chi connectivity index (χ2n) is 8.13. The smallest absolute Gasteiger partial charge is 0.409 e. The van der Waals surface area contributed by atoms with E-state index in [1.807, 2.05) is 27.7 Å². The summed E-state index contributed by atoms with van der Waals surface area (Å²) >= 11 is 0. The summed E-state index contributed by atoms with van der Waals surface area (Å²) in [5.41, 5.74) is 0.451. The van der Waals surface area contributed by atoms with Gasteiger partial charge in [0.05, 0.1) is 13.7 Å². The molecule has 2 rings (SSSR count). The van der Waals surface area contributed by atoms with Crippen molar-refractivity contribution in [1.82, 2.24) is 15.1 Å². The van der Waals surface area contributed by atoms with E-state index < -0.39 is 0 Å². The van der Waals surface area contributed by atoms with Crippen LogP contribution in [0.2, 0.25) is 0 Å². The highest BCUT2D eigenvalue weighted by Gasteiger charge is 2.26. The van der Waals surface area contributed by atoms with Gasteiger partial charge in [-0.25, -0.2) is 4.79 Å². The topological polar surface area (TPSA) is 97.4 Å². The van der Waals surface area contributed by atoms with Gasteiger partial charge in [-0.2, -0.15) is 0 Å². The second kappa shape index (κ2) is 11.4. The molecular formula is C22H33N3O6. The molecule has 1 aromatic carbocycles. The molecule has 1 saturated heterocycles. The van der Waals surface area contributed by atoms with E-state index in [0.29, 0.717) is 49.8 Å². The fourth-order valence-electron chi connectivity index (χ4n) is 3.03. The minimum absolute atomic E-state index is 0.0236. The fraction of sp³-hybridized carbons (Fsp3) is 0.591. The lowest BCUT2D eigenvalue weighted by Gasteiger charge is -2.34. The monoisotopic (exact) mass is 435 g/mol. The van der Waals surface area contributed by atoms with Gasteiger partial charge in [0.25, 0.3) is 11.8 Å². The van der Waals surface area contributed by atoms with Gasteiger partial charge >= 0.3 is 6.09 Å². The van der Waals surface area contributed by atoms with Crippen molar-refractivity contribution in [3.8, 4) is 11.5 Å². The van der Waals surface area contributed by atoms with E-state index in [0.717, 1.165) is 0 Å². The standard InChI is InChI=1S/C22H33N3O6/c1-15(2)13-31-22(28)25-10-8-24(9-11-25)21(27)17-6-7-18(19(12-17)29-5)30-14-20(26)23-16(3)4/h6-7,12,15-16H,8-11,13-14H2,1-5H3,(H,23,26). The number of rotatable bonds is 8.